The zero-order valence-corrected chi connectivity index (χ0v) is 31.3. The second kappa shape index (κ2) is 18.1. The summed E-state index contributed by atoms with van der Waals surface area (Å²) in [6.07, 6.45) is -0.888. The average Bonchev–Trinajstić information content (AvgIpc) is 3.62. The number of nitrogens with one attached hydrogen (secondary N) is 3. The Morgan fingerprint density at radius 2 is 1.98 bits per heavy atom. The third-order valence-corrected chi connectivity index (χ3v) is 11.4. The molecule has 2 aromatic rings. The van der Waals surface area contributed by atoms with Crippen LogP contribution in [0.15, 0.2) is 23.8 Å². The van der Waals surface area contributed by atoms with Crippen molar-refractivity contribution >= 4 is 58.8 Å². The van der Waals surface area contributed by atoms with Gasteiger partial charge in [0, 0.05) is 46.1 Å². The molecule has 2 aromatic heterocycles. The van der Waals surface area contributed by atoms with Crippen LogP contribution in [-0.4, -0.2) is 124 Å². The third kappa shape index (κ3) is 10.2. The molecule has 276 valence electrons. The SMILES string of the molecule is [2H]C[C@H]1O[C@@H](n2cnc3c(=O)[nH]c(NC(=O)C(C)C)nc32)[C@@H](OC(=S)N2CCS(=O)(=O)CC2)C1OP(ONCC=C)N(C(C)C)C(C)C.[3H]OC. The summed E-state index contributed by atoms with van der Waals surface area (Å²) in [4.78, 5) is 38.3. The molecule has 20 heteroatoms. The standard InChI is InChI=1S/C28H45N8O8PS2.CH4O/c1-9-10-30-44-45(36(17(4)5)18(6)7)43-21-19(8)41-26(22(21)42-28(46)34-11-13-47(39,40)14-12-34)35-15-29-20-23(35)31-27(33-25(20)38)32-24(37)16(2)3;1-2/h9,15-19,21-22,26,30H,1,10-14H2,2-8H3,(H2,31,32,33,37,38);2H,1H3/t19-,21?,22+,26-,45?;/m1./s1/i8D;2T. The van der Waals surface area contributed by atoms with Gasteiger partial charge in [-0.15, -0.1) is 6.58 Å². The van der Waals surface area contributed by atoms with Crippen molar-refractivity contribution in [2.45, 2.75) is 85.1 Å². The van der Waals surface area contributed by atoms with Crippen LogP contribution < -0.4 is 16.4 Å². The highest BCUT2D eigenvalue weighted by Crippen LogP contribution is 2.50. The van der Waals surface area contributed by atoms with Crippen molar-refractivity contribution in [3.8, 4) is 0 Å². The summed E-state index contributed by atoms with van der Waals surface area (Å²) in [7, 11) is -3.72. The maximum atomic E-state index is 13.0. The van der Waals surface area contributed by atoms with E-state index in [1.165, 1.54) is 18.0 Å². The van der Waals surface area contributed by atoms with E-state index in [0.29, 0.717) is 6.54 Å². The monoisotopic (exact) mass is 751 g/mol. The van der Waals surface area contributed by atoms with Gasteiger partial charge < -0.3 is 24.0 Å². The molecule has 2 fully saturated rings. The smallest absolute Gasteiger partial charge is 0.280 e. The van der Waals surface area contributed by atoms with E-state index in [4.69, 9.17) is 33.6 Å². The number of H-pyrrole nitrogens is 1. The zero-order valence-electron chi connectivity index (χ0n) is 30.8. The topological polar surface area (TPSA) is 202 Å². The molecule has 2 saturated heterocycles. The number of hydrogen-bond acceptors (Lipinski definition) is 14. The van der Waals surface area contributed by atoms with Crippen molar-refractivity contribution in [1.82, 2.24) is 34.6 Å². The molecule has 0 radical (unpaired) electrons. The number of hydroxylamine groups is 1. The lowest BCUT2D eigenvalue weighted by Gasteiger charge is -2.38. The number of imidazole rings is 1. The van der Waals surface area contributed by atoms with Gasteiger partial charge in [-0.05, 0) is 46.8 Å². The molecule has 1 amide bonds. The van der Waals surface area contributed by atoms with E-state index in [1.807, 2.05) is 32.4 Å². The van der Waals surface area contributed by atoms with Crippen LogP contribution in [0.2, 0.25) is 0 Å². The Balaban J connectivity index is 0.00000226. The molecule has 2 aliphatic heterocycles. The molecule has 4 N–H and O–H groups in total. The maximum Gasteiger partial charge on any atom is 0.280 e. The number of sulfone groups is 1. The van der Waals surface area contributed by atoms with Crippen LogP contribution in [0.25, 0.3) is 11.2 Å². The minimum Gasteiger partial charge on any atom is -0.460 e. The Kier molecular flexibility index (Phi) is 13.9. The number of ether oxygens (including phenoxy) is 2. The van der Waals surface area contributed by atoms with Crippen LogP contribution in [0.1, 0.15) is 56.0 Å². The summed E-state index contributed by atoms with van der Waals surface area (Å²) in [5, 5.41) is 6.13. The largest absolute Gasteiger partial charge is 0.460 e. The second-order valence-electron chi connectivity index (χ2n) is 12.0. The Morgan fingerprint density at radius 3 is 2.55 bits per heavy atom. The first-order valence-electron chi connectivity index (χ1n) is 16.8. The number of aromatic amines is 1. The average molecular weight is 752 g/mol. The summed E-state index contributed by atoms with van der Waals surface area (Å²) >= 11 is 5.69. The quantitative estimate of drug-likeness (QED) is 0.0761. The normalized spacial score (nSPS) is 23.3. The van der Waals surface area contributed by atoms with Crippen molar-refractivity contribution < 1.29 is 38.3 Å². The Hall–Kier alpha value is -2.61. The number of rotatable bonds is 13. The molecule has 2 aliphatic rings. The van der Waals surface area contributed by atoms with Gasteiger partial charge in [-0.3, -0.25) is 24.5 Å². The van der Waals surface area contributed by atoms with Crippen molar-refractivity contribution in [2.24, 2.45) is 5.92 Å². The first-order chi connectivity index (χ1) is 24.1. The van der Waals surface area contributed by atoms with Crippen LogP contribution in [-0.2, 0) is 33.3 Å². The number of anilines is 1. The van der Waals surface area contributed by atoms with Crippen LogP contribution in [0.3, 0.4) is 0 Å². The van der Waals surface area contributed by atoms with Gasteiger partial charge in [-0.2, -0.15) is 10.5 Å². The van der Waals surface area contributed by atoms with Gasteiger partial charge in [0.05, 0.1) is 23.9 Å². The number of fused-ring (bicyclic) bond motifs is 1. The van der Waals surface area contributed by atoms with E-state index in [-0.39, 0.29) is 77.7 Å². The summed E-state index contributed by atoms with van der Waals surface area (Å²) in [5.74, 6) is -0.953. The number of aliphatic hydroxyl groups is 1. The third-order valence-electron chi connectivity index (χ3n) is 7.43. The van der Waals surface area contributed by atoms with E-state index in [2.05, 4.69) is 37.4 Å². The fraction of sp³-hybridized carbons (Fsp3) is 0.690. The molecule has 2 unspecified atom stereocenters. The lowest BCUT2D eigenvalue weighted by Crippen LogP contribution is -2.47. The predicted octanol–water partition coefficient (Wildman–Crippen LogP) is 2.08. The van der Waals surface area contributed by atoms with E-state index in [0.717, 1.165) is 0 Å². The van der Waals surface area contributed by atoms with Gasteiger partial charge in [0.15, 0.2) is 33.3 Å². The molecule has 0 bridgehead atoms. The maximum absolute atomic E-state index is 13.0. The molecule has 5 atom stereocenters. The molecule has 4 rings (SSSR count). The van der Waals surface area contributed by atoms with Gasteiger partial charge in [-0.25, -0.2) is 22.7 Å². The fourth-order valence-electron chi connectivity index (χ4n) is 5.06. The number of carbonyl (C=O) groups is 1. The molecule has 17 nitrogen and oxygen atoms in total. The minimum atomic E-state index is -3.19. The lowest BCUT2D eigenvalue weighted by atomic mass is 10.1. The second-order valence-corrected chi connectivity index (χ2v) is 16.0. The Labute approximate surface area is 296 Å². The number of thiocarbonyl (C=S) groups is 1. The summed E-state index contributed by atoms with van der Waals surface area (Å²) in [6, 6.07) is -0.00381. The van der Waals surface area contributed by atoms with Gasteiger partial charge >= 0.3 is 0 Å². The van der Waals surface area contributed by atoms with Crippen LogP contribution >= 0.6 is 20.7 Å². The van der Waals surface area contributed by atoms with Crippen molar-refractivity contribution in [3.63, 3.8) is 0 Å². The van der Waals surface area contributed by atoms with E-state index < -0.39 is 48.5 Å². The predicted molar refractivity (Wildman–Crippen MR) is 190 cm³/mol. The van der Waals surface area contributed by atoms with E-state index >= 15 is 0 Å². The molecule has 49 heavy (non-hydrogen) atoms. The Bertz CT molecular complexity index is 1630. The fourth-order valence-corrected chi connectivity index (χ4v) is 8.20. The van der Waals surface area contributed by atoms with Gasteiger partial charge in [0.1, 0.15) is 6.10 Å². The van der Waals surface area contributed by atoms with Gasteiger partial charge in [-0.1, -0.05) is 19.9 Å². The first kappa shape index (κ1) is 37.6. The summed E-state index contributed by atoms with van der Waals surface area (Å²) in [6.45, 7) is 15.6. The number of nitrogens with zero attached hydrogens (tertiary/aromatic N) is 5. The van der Waals surface area contributed by atoms with Crippen LogP contribution in [0, 0.1) is 5.92 Å². The van der Waals surface area contributed by atoms with Gasteiger partial charge in [0.2, 0.25) is 13.3 Å². The summed E-state index contributed by atoms with van der Waals surface area (Å²) < 4.78 is 67.5. The number of aliphatic hydroxyl groups excluding tert-OH is 1. The lowest BCUT2D eigenvalue weighted by molar-refractivity contribution is -0.118. The van der Waals surface area contributed by atoms with Crippen LogP contribution in [0.5, 0.6) is 0 Å². The molecule has 0 saturated carbocycles. The number of carbonyl (C=O) groups excluding carboxylic acids is 1. The molecule has 0 aromatic carbocycles. The molecule has 0 aliphatic carbocycles. The molecule has 0 spiro atoms. The molecular weight excluding hydrogens is 699 g/mol. The zero-order chi connectivity index (χ0) is 38.0. The van der Waals surface area contributed by atoms with Crippen molar-refractivity contribution in [1.29, 1.82) is 1.43 Å². The highest BCUT2D eigenvalue weighted by atomic mass is 32.2. The highest BCUT2D eigenvalue weighted by Gasteiger charge is 2.50. The summed E-state index contributed by atoms with van der Waals surface area (Å²) in [5.41, 5.74) is 2.36. The van der Waals surface area contributed by atoms with Gasteiger partial charge in [0.25, 0.3) is 19.3 Å². The number of hydrogen-bond donors (Lipinski definition) is 4. The van der Waals surface area contributed by atoms with Crippen molar-refractivity contribution in [3.05, 3.63) is 29.3 Å². The molecular formula is C29H49N8O9PS2. The van der Waals surface area contributed by atoms with E-state index in [1.54, 1.807) is 24.8 Å². The Morgan fingerprint density at radius 1 is 1.33 bits per heavy atom. The highest BCUT2D eigenvalue weighted by molar-refractivity contribution is 7.91. The minimum absolute atomic E-state index is 0.00190. The van der Waals surface area contributed by atoms with Crippen LogP contribution in [0.4, 0.5) is 5.95 Å². The number of aromatic nitrogens is 4. The first-order valence-corrected chi connectivity index (χ1v) is 19.1. The molecule has 4 heterocycles. The van der Waals surface area contributed by atoms with Crippen molar-refractivity contribution in [2.75, 3.05) is 43.6 Å². The van der Waals surface area contributed by atoms with E-state index in [9.17, 15) is 18.0 Å². The number of amides is 1.